The largest absolute Gasteiger partial charge is 0.472 e. The normalized spacial score (nSPS) is 11.9. The van der Waals surface area contributed by atoms with E-state index in [-0.39, 0.29) is 11.4 Å². The average Bonchev–Trinajstić information content (AvgIpc) is 2.82. The molecule has 0 radical (unpaired) electrons. The molecule has 0 amide bonds. The second-order valence-corrected chi connectivity index (χ2v) is 6.69. The van der Waals surface area contributed by atoms with E-state index in [9.17, 15) is 8.42 Å². The highest BCUT2D eigenvalue weighted by Gasteiger charge is 2.23. The molecule has 2 aromatic rings. The van der Waals surface area contributed by atoms with Gasteiger partial charge in [-0.1, -0.05) is 12.1 Å². The zero-order valence-corrected chi connectivity index (χ0v) is 12.1. The second-order valence-electron chi connectivity index (χ2n) is 3.82. The Balaban J connectivity index is 2.29. The van der Waals surface area contributed by atoms with Gasteiger partial charge in [0.05, 0.1) is 17.4 Å². The van der Waals surface area contributed by atoms with Crippen molar-refractivity contribution in [2.24, 2.45) is 0 Å². The fraction of sp³-hybridized carbons (Fsp3) is 0.167. The number of benzene rings is 1. The summed E-state index contributed by atoms with van der Waals surface area (Å²) in [6, 6.07) is 8.50. The lowest BCUT2D eigenvalue weighted by Gasteiger charge is -2.17. The molecule has 4 nitrogen and oxygen atoms in total. The number of furan rings is 1. The molecule has 0 spiro atoms. The molecule has 0 fully saturated rings. The van der Waals surface area contributed by atoms with Gasteiger partial charge in [-0.05, 0) is 34.1 Å². The summed E-state index contributed by atoms with van der Waals surface area (Å²) < 4.78 is 31.5. The van der Waals surface area contributed by atoms with Gasteiger partial charge in [-0.3, -0.25) is 0 Å². The third-order valence-corrected chi connectivity index (χ3v) is 5.33. The molecular weight excluding hydrogens is 318 g/mol. The molecule has 2 rings (SSSR count). The summed E-state index contributed by atoms with van der Waals surface area (Å²) in [4.78, 5) is 0.260. The average molecular weight is 330 g/mol. The fourth-order valence-electron chi connectivity index (χ4n) is 1.55. The van der Waals surface area contributed by atoms with Crippen LogP contribution in [0.25, 0.3) is 0 Å². The first kappa shape index (κ1) is 13.3. The SMILES string of the molecule is CN(Cc1ccoc1)S(=O)(=O)c1ccccc1Br. The minimum atomic E-state index is -3.50. The van der Waals surface area contributed by atoms with E-state index in [4.69, 9.17) is 4.42 Å². The number of hydrogen-bond donors (Lipinski definition) is 0. The van der Waals surface area contributed by atoms with E-state index in [0.29, 0.717) is 4.47 Å². The lowest BCUT2D eigenvalue weighted by molar-refractivity contribution is 0.463. The first-order chi connectivity index (χ1) is 8.51. The van der Waals surface area contributed by atoms with Crippen LogP contribution in [0.5, 0.6) is 0 Å². The maximum atomic E-state index is 12.3. The van der Waals surface area contributed by atoms with Gasteiger partial charge in [-0.2, -0.15) is 4.31 Å². The van der Waals surface area contributed by atoms with Crippen LogP contribution in [-0.4, -0.2) is 19.8 Å². The van der Waals surface area contributed by atoms with Gasteiger partial charge < -0.3 is 4.42 Å². The minimum Gasteiger partial charge on any atom is -0.472 e. The van der Waals surface area contributed by atoms with Gasteiger partial charge in [0.25, 0.3) is 0 Å². The van der Waals surface area contributed by atoms with E-state index in [0.717, 1.165) is 5.56 Å². The highest BCUT2D eigenvalue weighted by atomic mass is 79.9. The molecule has 0 aliphatic heterocycles. The Kier molecular flexibility index (Phi) is 3.89. The number of rotatable bonds is 4. The molecule has 96 valence electrons. The second kappa shape index (κ2) is 5.26. The van der Waals surface area contributed by atoms with Gasteiger partial charge in [0, 0.05) is 23.6 Å². The van der Waals surface area contributed by atoms with Crippen molar-refractivity contribution < 1.29 is 12.8 Å². The molecular formula is C12H12BrNO3S. The molecule has 0 saturated carbocycles. The minimum absolute atomic E-state index is 0.260. The van der Waals surface area contributed by atoms with Crippen LogP contribution in [0.15, 0.2) is 56.6 Å². The van der Waals surface area contributed by atoms with Crippen LogP contribution in [-0.2, 0) is 16.6 Å². The Morgan fingerprint density at radius 1 is 1.28 bits per heavy atom. The van der Waals surface area contributed by atoms with Gasteiger partial charge in [0.15, 0.2) is 0 Å². The highest BCUT2D eigenvalue weighted by molar-refractivity contribution is 9.10. The number of halogens is 1. The summed E-state index contributed by atoms with van der Waals surface area (Å²) in [6.45, 7) is 0.278. The van der Waals surface area contributed by atoms with E-state index in [1.807, 2.05) is 0 Å². The molecule has 18 heavy (non-hydrogen) atoms. The maximum absolute atomic E-state index is 12.3. The van der Waals surface area contributed by atoms with Crippen molar-refractivity contribution in [3.63, 3.8) is 0 Å². The van der Waals surface area contributed by atoms with Crippen LogP contribution in [0.1, 0.15) is 5.56 Å². The van der Waals surface area contributed by atoms with Crippen LogP contribution in [0.2, 0.25) is 0 Å². The van der Waals surface area contributed by atoms with Crippen LogP contribution < -0.4 is 0 Å². The van der Waals surface area contributed by atoms with Crippen LogP contribution in [0.4, 0.5) is 0 Å². The Hall–Kier alpha value is -1.11. The van der Waals surface area contributed by atoms with Crippen molar-refractivity contribution in [2.75, 3.05) is 7.05 Å². The van der Waals surface area contributed by atoms with Crippen molar-refractivity contribution in [3.05, 3.63) is 52.9 Å². The van der Waals surface area contributed by atoms with Gasteiger partial charge in [0.1, 0.15) is 0 Å². The maximum Gasteiger partial charge on any atom is 0.244 e. The lowest BCUT2D eigenvalue weighted by atomic mass is 10.3. The Morgan fingerprint density at radius 3 is 2.61 bits per heavy atom. The molecule has 0 atom stereocenters. The van der Waals surface area contributed by atoms with E-state index in [1.165, 1.54) is 16.8 Å². The summed E-state index contributed by atoms with van der Waals surface area (Å²) >= 11 is 3.25. The molecule has 1 aromatic heterocycles. The summed E-state index contributed by atoms with van der Waals surface area (Å²) in [6.07, 6.45) is 3.06. The smallest absolute Gasteiger partial charge is 0.244 e. The predicted octanol–water partition coefficient (Wildman–Crippen LogP) is 2.86. The first-order valence-electron chi connectivity index (χ1n) is 5.24. The zero-order valence-electron chi connectivity index (χ0n) is 9.71. The third kappa shape index (κ3) is 2.66. The van der Waals surface area contributed by atoms with Crippen molar-refractivity contribution in [2.45, 2.75) is 11.4 Å². The van der Waals surface area contributed by atoms with Crippen LogP contribution >= 0.6 is 15.9 Å². The van der Waals surface area contributed by atoms with Crippen molar-refractivity contribution in [3.8, 4) is 0 Å². The Bertz CT molecular complexity index is 623. The topological polar surface area (TPSA) is 50.5 Å². The summed E-state index contributed by atoms with van der Waals surface area (Å²) in [7, 11) is -1.96. The van der Waals surface area contributed by atoms with Crippen LogP contribution in [0.3, 0.4) is 0 Å². The van der Waals surface area contributed by atoms with Crippen LogP contribution in [0, 0.1) is 0 Å². The van der Waals surface area contributed by atoms with Gasteiger partial charge >= 0.3 is 0 Å². The monoisotopic (exact) mass is 329 g/mol. The highest BCUT2D eigenvalue weighted by Crippen LogP contribution is 2.24. The van der Waals surface area contributed by atoms with E-state index >= 15 is 0 Å². The van der Waals surface area contributed by atoms with Gasteiger partial charge in [0.2, 0.25) is 10.0 Å². The molecule has 0 saturated heterocycles. The summed E-state index contributed by atoms with van der Waals surface area (Å²) in [5.41, 5.74) is 0.813. The standard InChI is InChI=1S/C12H12BrNO3S/c1-14(8-10-6-7-17-9-10)18(15,16)12-5-3-2-4-11(12)13/h2-7,9H,8H2,1H3. The number of sulfonamides is 1. The van der Waals surface area contributed by atoms with Gasteiger partial charge in [-0.15, -0.1) is 0 Å². The predicted molar refractivity (Wildman–Crippen MR) is 71.5 cm³/mol. The summed E-state index contributed by atoms with van der Waals surface area (Å²) in [5.74, 6) is 0. The molecule has 0 N–H and O–H groups in total. The summed E-state index contributed by atoms with van der Waals surface area (Å²) in [5, 5.41) is 0. The molecule has 0 aliphatic rings. The van der Waals surface area contributed by atoms with Crippen molar-refractivity contribution in [1.29, 1.82) is 0 Å². The van der Waals surface area contributed by atoms with E-state index in [2.05, 4.69) is 15.9 Å². The van der Waals surface area contributed by atoms with E-state index in [1.54, 1.807) is 37.4 Å². The third-order valence-electron chi connectivity index (χ3n) is 2.51. The molecule has 6 heteroatoms. The molecule has 0 bridgehead atoms. The molecule has 1 aromatic carbocycles. The molecule has 0 aliphatic carbocycles. The Labute approximate surface area is 114 Å². The van der Waals surface area contributed by atoms with Gasteiger partial charge in [-0.25, -0.2) is 8.42 Å². The lowest BCUT2D eigenvalue weighted by Crippen LogP contribution is -2.26. The molecule has 1 heterocycles. The fourth-order valence-corrected chi connectivity index (χ4v) is 3.66. The van der Waals surface area contributed by atoms with Crippen molar-refractivity contribution in [1.82, 2.24) is 4.31 Å². The van der Waals surface area contributed by atoms with Crippen molar-refractivity contribution >= 4 is 26.0 Å². The number of hydrogen-bond acceptors (Lipinski definition) is 3. The molecule has 0 unspecified atom stereocenters. The quantitative estimate of drug-likeness (QED) is 0.866. The number of nitrogens with zero attached hydrogens (tertiary/aromatic N) is 1. The Morgan fingerprint density at radius 2 is 2.00 bits per heavy atom. The van der Waals surface area contributed by atoms with E-state index < -0.39 is 10.0 Å². The first-order valence-corrected chi connectivity index (χ1v) is 7.47. The zero-order chi connectivity index (χ0) is 13.2.